The molecule has 0 radical (unpaired) electrons. The van der Waals surface area contributed by atoms with Gasteiger partial charge in [-0.15, -0.1) is 0 Å². The SMILES string of the molecule is CC(C)C[C@@H](Nc1cc(-c2nc(C(C)C)no2)ccn1)C(=O)O. The van der Waals surface area contributed by atoms with Crippen LogP contribution in [0.1, 0.15) is 45.9 Å². The highest BCUT2D eigenvalue weighted by molar-refractivity contribution is 5.77. The van der Waals surface area contributed by atoms with Crippen LogP contribution in [0.15, 0.2) is 22.9 Å². The van der Waals surface area contributed by atoms with E-state index in [4.69, 9.17) is 4.52 Å². The molecule has 0 saturated carbocycles. The van der Waals surface area contributed by atoms with Crippen molar-refractivity contribution in [1.29, 1.82) is 0 Å². The van der Waals surface area contributed by atoms with E-state index in [1.54, 1.807) is 18.3 Å². The number of aromatic nitrogens is 3. The second kappa shape index (κ2) is 7.21. The van der Waals surface area contributed by atoms with Crippen LogP contribution in [0.4, 0.5) is 5.82 Å². The van der Waals surface area contributed by atoms with Gasteiger partial charge in [-0.1, -0.05) is 32.9 Å². The predicted molar refractivity (Wildman–Crippen MR) is 86.1 cm³/mol. The van der Waals surface area contributed by atoms with E-state index in [-0.39, 0.29) is 11.8 Å². The predicted octanol–water partition coefficient (Wildman–Crippen LogP) is 3.17. The molecular formula is C16H22N4O3. The van der Waals surface area contributed by atoms with Crippen LogP contribution in [0.5, 0.6) is 0 Å². The molecule has 2 aromatic rings. The molecule has 2 aromatic heterocycles. The molecule has 23 heavy (non-hydrogen) atoms. The first-order valence-electron chi connectivity index (χ1n) is 7.66. The van der Waals surface area contributed by atoms with Crippen LogP contribution in [-0.2, 0) is 4.79 Å². The molecule has 2 heterocycles. The zero-order valence-corrected chi connectivity index (χ0v) is 13.8. The van der Waals surface area contributed by atoms with Gasteiger partial charge in [-0.05, 0) is 24.5 Å². The van der Waals surface area contributed by atoms with Crippen molar-refractivity contribution in [3.05, 3.63) is 24.2 Å². The smallest absolute Gasteiger partial charge is 0.326 e. The van der Waals surface area contributed by atoms with Crippen molar-refractivity contribution < 1.29 is 14.4 Å². The number of nitrogens with zero attached hydrogens (tertiary/aromatic N) is 3. The molecule has 0 bridgehead atoms. The summed E-state index contributed by atoms with van der Waals surface area (Å²) < 4.78 is 5.25. The summed E-state index contributed by atoms with van der Waals surface area (Å²) in [6, 6.07) is 2.78. The van der Waals surface area contributed by atoms with Crippen molar-refractivity contribution in [2.75, 3.05) is 5.32 Å². The normalized spacial score (nSPS) is 12.6. The summed E-state index contributed by atoms with van der Waals surface area (Å²) in [6.07, 6.45) is 2.10. The van der Waals surface area contributed by atoms with E-state index in [0.29, 0.717) is 29.5 Å². The van der Waals surface area contributed by atoms with E-state index in [9.17, 15) is 9.90 Å². The van der Waals surface area contributed by atoms with Gasteiger partial charge in [0, 0.05) is 17.7 Å². The third kappa shape index (κ3) is 4.51. The maximum Gasteiger partial charge on any atom is 0.326 e. The summed E-state index contributed by atoms with van der Waals surface area (Å²) >= 11 is 0. The molecule has 0 aromatic carbocycles. The third-order valence-corrected chi connectivity index (χ3v) is 3.29. The first kappa shape index (κ1) is 16.9. The minimum absolute atomic E-state index is 0.175. The maximum absolute atomic E-state index is 11.3. The summed E-state index contributed by atoms with van der Waals surface area (Å²) in [5, 5.41) is 16.2. The van der Waals surface area contributed by atoms with Gasteiger partial charge in [-0.2, -0.15) is 4.98 Å². The fourth-order valence-electron chi connectivity index (χ4n) is 2.10. The number of aliphatic carboxylic acids is 1. The van der Waals surface area contributed by atoms with Crippen LogP contribution >= 0.6 is 0 Å². The second-order valence-corrected chi connectivity index (χ2v) is 6.21. The van der Waals surface area contributed by atoms with Crippen molar-refractivity contribution >= 4 is 11.8 Å². The van der Waals surface area contributed by atoms with Gasteiger partial charge in [0.25, 0.3) is 5.89 Å². The van der Waals surface area contributed by atoms with Gasteiger partial charge < -0.3 is 14.9 Å². The molecule has 124 valence electrons. The van der Waals surface area contributed by atoms with Crippen LogP contribution in [0.3, 0.4) is 0 Å². The van der Waals surface area contributed by atoms with Gasteiger partial charge in [-0.25, -0.2) is 9.78 Å². The quantitative estimate of drug-likeness (QED) is 0.808. The number of hydrogen-bond acceptors (Lipinski definition) is 6. The molecule has 2 rings (SSSR count). The van der Waals surface area contributed by atoms with Gasteiger partial charge in [0.15, 0.2) is 5.82 Å². The van der Waals surface area contributed by atoms with Crippen LogP contribution in [0, 0.1) is 5.92 Å². The average Bonchev–Trinajstić information content (AvgIpc) is 2.96. The monoisotopic (exact) mass is 318 g/mol. The number of rotatable bonds is 7. The maximum atomic E-state index is 11.3. The van der Waals surface area contributed by atoms with E-state index in [2.05, 4.69) is 20.4 Å². The van der Waals surface area contributed by atoms with Crippen LogP contribution in [-0.4, -0.2) is 32.2 Å². The lowest BCUT2D eigenvalue weighted by Gasteiger charge is -2.17. The average molecular weight is 318 g/mol. The molecule has 0 aliphatic rings. The zero-order chi connectivity index (χ0) is 17.0. The molecule has 0 unspecified atom stereocenters. The molecular weight excluding hydrogens is 296 g/mol. The third-order valence-electron chi connectivity index (χ3n) is 3.29. The Kier molecular flexibility index (Phi) is 5.31. The highest BCUT2D eigenvalue weighted by Gasteiger charge is 2.19. The van der Waals surface area contributed by atoms with Gasteiger partial charge in [-0.3, -0.25) is 0 Å². The van der Waals surface area contributed by atoms with Crippen molar-refractivity contribution in [2.45, 2.75) is 46.1 Å². The molecule has 0 spiro atoms. The van der Waals surface area contributed by atoms with Crippen LogP contribution in [0.2, 0.25) is 0 Å². The minimum atomic E-state index is -0.897. The van der Waals surface area contributed by atoms with Crippen LogP contribution in [0.25, 0.3) is 11.5 Å². The number of hydrogen-bond donors (Lipinski definition) is 2. The largest absolute Gasteiger partial charge is 0.480 e. The molecule has 0 aliphatic heterocycles. The van der Waals surface area contributed by atoms with E-state index < -0.39 is 12.0 Å². The van der Waals surface area contributed by atoms with Gasteiger partial charge >= 0.3 is 5.97 Å². The summed E-state index contributed by atoms with van der Waals surface area (Å²) in [6.45, 7) is 7.93. The zero-order valence-electron chi connectivity index (χ0n) is 13.8. The van der Waals surface area contributed by atoms with Crippen molar-refractivity contribution in [3.8, 4) is 11.5 Å². The molecule has 0 amide bonds. The Morgan fingerprint density at radius 3 is 2.65 bits per heavy atom. The Bertz CT molecular complexity index is 667. The van der Waals surface area contributed by atoms with Gasteiger partial charge in [0.1, 0.15) is 11.9 Å². The summed E-state index contributed by atoms with van der Waals surface area (Å²) in [4.78, 5) is 19.8. The molecule has 2 N–H and O–H groups in total. The molecule has 0 saturated heterocycles. The molecule has 1 atom stereocenters. The van der Waals surface area contributed by atoms with E-state index in [1.165, 1.54) is 0 Å². The van der Waals surface area contributed by atoms with Gasteiger partial charge in [0.2, 0.25) is 0 Å². The van der Waals surface area contributed by atoms with Crippen molar-refractivity contribution in [2.24, 2.45) is 5.92 Å². The summed E-state index contributed by atoms with van der Waals surface area (Å²) in [5.41, 5.74) is 0.704. The lowest BCUT2D eigenvalue weighted by molar-refractivity contribution is -0.138. The molecule has 0 fully saturated rings. The number of carbonyl (C=O) groups is 1. The number of carboxylic acid groups (broad SMARTS) is 1. The van der Waals surface area contributed by atoms with Crippen molar-refractivity contribution in [1.82, 2.24) is 15.1 Å². The Labute approximate surface area is 135 Å². The Balaban J connectivity index is 2.19. The molecule has 7 heteroatoms. The van der Waals surface area contributed by atoms with Gasteiger partial charge in [0.05, 0.1) is 0 Å². The fourth-order valence-corrected chi connectivity index (χ4v) is 2.10. The molecule has 7 nitrogen and oxygen atoms in total. The Morgan fingerprint density at radius 1 is 1.35 bits per heavy atom. The van der Waals surface area contributed by atoms with Crippen LogP contribution < -0.4 is 5.32 Å². The summed E-state index contributed by atoms with van der Waals surface area (Å²) in [5.74, 6) is 1.04. The minimum Gasteiger partial charge on any atom is -0.480 e. The highest BCUT2D eigenvalue weighted by Crippen LogP contribution is 2.22. The first-order valence-corrected chi connectivity index (χ1v) is 7.66. The number of nitrogens with one attached hydrogen (secondary N) is 1. The number of anilines is 1. The standard InChI is InChI=1S/C16H22N4O3/c1-9(2)7-12(16(21)22)18-13-8-11(5-6-17-13)15-19-14(10(3)4)20-23-15/h5-6,8-10,12H,7H2,1-4H3,(H,17,18)(H,21,22)/t12-/m1/s1. The summed E-state index contributed by atoms with van der Waals surface area (Å²) in [7, 11) is 0. The molecule has 0 aliphatic carbocycles. The number of carboxylic acids is 1. The van der Waals surface area contributed by atoms with Crippen molar-refractivity contribution in [3.63, 3.8) is 0 Å². The fraction of sp³-hybridized carbons (Fsp3) is 0.500. The lowest BCUT2D eigenvalue weighted by atomic mass is 10.0. The second-order valence-electron chi connectivity index (χ2n) is 6.21. The lowest BCUT2D eigenvalue weighted by Crippen LogP contribution is -2.31. The topological polar surface area (TPSA) is 101 Å². The number of pyridine rings is 1. The van der Waals surface area contributed by atoms with E-state index in [0.717, 1.165) is 0 Å². The first-order chi connectivity index (χ1) is 10.9. The Hall–Kier alpha value is -2.44. The van der Waals surface area contributed by atoms with E-state index in [1.807, 2.05) is 27.7 Å². The Morgan fingerprint density at radius 2 is 2.09 bits per heavy atom. The highest BCUT2D eigenvalue weighted by atomic mass is 16.5. The van der Waals surface area contributed by atoms with E-state index >= 15 is 0 Å².